The van der Waals surface area contributed by atoms with Crippen LogP contribution in [0.4, 0.5) is 0 Å². The minimum absolute atomic E-state index is 0.118. The third-order valence-electron chi connectivity index (χ3n) is 12.2. The first kappa shape index (κ1) is 43.3. The van der Waals surface area contributed by atoms with E-state index in [0.717, 1.165) is 5.57 Å². The van der Waals surface area contributed by atoms with Crippen molar-refractivity contribution in [2.24, 2.45) is 17.8 Å². The first-order valence-corrected chi connectivity index (χ1v) is 18.9. The average molecular weight is 746 g/mol. The van der Waals surface area contributed by atoms with E-state index in [4.69, 9.17) is 28.4 Å². The lowest BCUT2D eigenvalue weighted by Gasteiger charge is -2.48. The topological polar surface area (TPSA) is 197 Å². The largest absolute Gasteiger partial charge is 0.489 e. The molecular formula is C38H67NO13. The quantitative estimate of drug-likeness (QED) is 0.207. The molecule has 52 heavy (non-hydrogen) atoms. The predicted octanol–water partition coefficient (Wildman–Crippen LogP) is 1.99. The Bertz CT molecular complexity index is 1270. The number of fused-ring (bicyclic) bond motifs is 2. The van der Waals surface area contributed by atoms with Crippen LogP contribution >= 0.6 is 0 Å². The standard InChI is InChI=1S/C38H67NO13/c1-17(2)39(13)25-14-19(4)47-35(27(25)41)51-32-21(6)29(49-26-16-36(10,45)31(43)24(9)48-26)22(7)34(44)50-33(23(8)40)38(12,46)30(42)20(5)28-18(3)15-37(32,11)52-28/h17,19-27,29-33,35,40-43,45-46H,14-16H2,1-13H3. The van der Waals surface area contributed by atoms with Gasteiger partial charge in [-0.3, -0.25) is 9.69 Å². The molecule has 4 rings (SSSR count). The van der Waals surface area contributed by atoms with E-state index in [9.17, 15) is 35.4 Å². The van der Waals surface area contributed by atoms with Crippen LogP contribution in [-0.4, -0.2) is 145 Å². The first-order valence-electron chi connectivity index (χ1n) is 18.9. The molecule has 0 spiro atoms. The second kappa shape index (κ2) is 16.0. The molecule has 6 N–H and O–H groups in total. The van der Waals surface area contributed by atoms with E-state index in [1.807, 2.05) is 48.6 Å². The fourth-order valence-corrected chi connectivity index (χ4v) is 8.87. The number of hydrogen-bond donors (Lipinski definition) is 6. The third kappa shape index (κ3) is 8.52. The molecule has 0 saturated carbocycles. The zero-order chi connectivity index (χ0) is 39.4. The lowest BCUT2D eigenvalue weighted by atomic mass is 9.78. The molecule has 0 aromatic rings. The molecular weight excluding hydrogens is 678 g/mol. The zero-order valence-electron chi connectivity index (χ0n) is 33.3. The molecule has 14 heteroatoms. The van der Waals surface area contributed by atoms with E-state index in [-0.39, 0.29) is 24.6 Å². The summed E-state index contributed by atoms with van der Waals surface area (Å²) in [6, 6.07) is -0.151. The van der Waals surface area contributed by atoms with Crippen molar-refractivity contribution in [2.75, 3.05) is 7.05 Å². The number of carbonyl (C=O) groups excluding carboxylic acids is 1. The number of cyclic esters (lactones) is 1. The SMILES string of the molecule is CC1=C2OC(C)(C1)C(OC1OC(C)CC(N(C)C(C)C)C1O)C(C)C(OC1CC(C)(O)C(O)C(C)O1)C(C)C(=O)OC(C(C)O)C(C)(O)C(O)C2C. The van der Waals surface area contributed by atoms with Crippen LogP contribution in [0.3, 0.4) is 0 Å². The Morgan fingerprint density at radius 1 is 0.923 bits per heavy atom. The summed E-state index contributed by atoms with van der Waals surface area (Å²) >= 11 is 0. The lowest BCUT2D eigenvalue weighted by Crippen LogP contribution is -2.61. The second-order valence-corrected chi connectivity index (χ2v) is 17.2. The number of nitrogens with zero attached hydrogens (tertiary/aromatic N) is 1. The van der Waals surface area contributed by atoms with Gasteiger partial charge in [0.15, 0.2) is 18.7 Å². The number of carbonyl (C=O) groups is 1. The van der Waals surface area contributed by atoms with E-state index in [2.05, 4.69) is 4.90 Å². The number of aliphatic hydroxyl groups excluding tert-OH is 4. The molecule has 4 aliphatic rings. The second-order valence-electron chi connectivity index (χ2n) is 17.2. The van der Waals surface area contributed by atoms with E-state index in [1.165, 1.54) is 20.8 Å². The van der Waals surface area contributed by atoms with E-state index in [0.29, 0.717) is 18.6 Å². The highest BCUT2D eigenvalue weighted by atomic mass is 16.7. The maximum atomic E-state index is 14.1. The number of ether oxygens (including phenoxy) is 6. The van der Waals surface area contributed by atoms with Crippen LogP contribution in [0.2, 0.25) is 0 Å². The Morgan fingerprint density at radius 2 is 1.54 bits per heavy atom. The molecule has 0 amide bonds. The minimum atomic E-state index is -2.12. The molecule has 0 aromatic heterocycles. The van der Waals surface area contributed by atoms with Crippen LogP contribution in [0.5, 0.6) is 0 Å². The molecule has 14 nitrogen and oxygen atoms in total. The summed E-state index contributed by atoms with van der Waals surface area (Å²) in [5.74, 6) is -3.04. The molecule has 302 valence electrons. The van der Waals surface area contributed by atoms with Crippen molar-refractivity contribution in [1.29, 1.82) is 0 Å². The summed E-state index contributed by atoms with van der Waals surface area (Å²) in [4.78, 5) is 16.2. The highest BCUT2D eigenvalue weighted by Crippen LogP contribution is 2.47. The first-order chi connectivity index (χ1) is 23.8. The van der Waals surface area contributed by atoms with Gasteiger partial charge in [-0.2, -0.15) is 0 Å². The van der Waals surface area contributed by atoms with Crippen molar-refractivity contribution in [3.8, 4) is 0 Å². The van der Waals surface area contributed by atoms with Crippen LogP contribution in [0.1, 0.15) is 102 Å². The molecule has 0 aliphatic carbocycles. The minimum Gasteiger partial charge on any atom is -0.489 e. The van der Waals surface area contributed by atoms with Crippen molar-refractivity contribution < 1.29 is 63.9 Å². The van der Waals surface area contributed by atoms with Gasteiger partial charge >= 0.3 is 5.97 Å². The van der Waals surface area contributed by atoms with Gasteiger partial charge in [-0.15, -0.1) is 0 Å². The van der Waals surface area contributed by atoms with Gasteiger partial charge in [0.2, 0.25) is 0 Å². The molecule has 4 heterocycles. The van der Waals surface area contributed by atoms with Gasteiger partial charge in [-0.1, -0.05) is 13.8 Å². The van der Waals surface area contributed by atoms with Gasteiger partial charge in [0.1, 0.15) is 35.3 Å². The highest BCUT2D eigenvalue weighted by Gasteiger charge is 2.56. The number of aliphatic hydroxyl groups is 6. The van der Waals surface area contributed by atoms with Crippen LogP contribution in [-0.2, 0) is 33.2 Å². The Hall–Kier alpha value is -1.43. The smallest absolute Gasteiger partial charge is 0.311 e. The van der Waals surface area contributed by atoms with Gasteiger partial charge in [0.05, 0.1) is 42.0 Å². The van der Waals surface area contributed by atoms with Gasteiger partial charge in [-0.05, 0) is 88.3 Å². The molecule has 0 radical (unpaired) electrons. The lowest BCUT2D eigenvalue weighted by molar-refractivity contribution is -0.316. The molecule has 3 saturated heterocycles. The van der Waals surface area contributed by atoms with Crippen molar-refractivity contribution >= 4 is 5.97 Å². The molecule has 2 bridgehead atoms. The summed E-state index contributed by atoms with van der Waals surface area (Å²) in [6.45, 7) is 20.7. The number of likely N-dealkylation sites (N-methyl/N-ethyl adjacent to an activating group) is 1. The summed E-state index contributed by atoms with van der Waals surface area (Å²) < 4.78 is 38.5. The molecule has 3 fully saturated rings. The van der Waals surface area contributed by atoms with E-state index >= 15 is 0 Å². The maximum Gasteiger partial charge on any atom is 0.311 e. The van der Waals surface area contributed by atoms with Gasteiger partial charge in [0, 0.05) is 36.8 Å². The van der Waals surface area contributed by atoms with Gasteiger partial charge in [-0.25, -0.2) is 0 Å². The Morgan fingerprint density at radius 3 is 2.10 bits per heavy atom. The molecule has 18 atom stereocenters. The molecule has 4 aliphatic heterocycles. The van der Waals surface area contributed by atoms with Gasteiger partial charge < -0.3 is 59.1 Å². The number of esters is 1. The Kier molecular flexibility index (Phi) is 13.3. The molecule has 0 aromatic carbocycles. The van der Waals surface area contributed by atoms with Crippen molar-refractivity contribution in [1.82, 2.24) is 4.90 Å². The highest BCUT2D eigenvalue weighted by molar-refractivity contribution is 5.73. The van der Waals surface area contributed by atoms with Gasteiger partial charge in [0.25, 0.3) is 0 Å². The van der Waals surface area contributed by atoms with Crippen LogP contribution in [0, 0.1) is 17.8 Å². The Balaban J connectivity index is 1.85. The predicted molar refractivity (Wildman–Crippen MR) is 189 cm³/mol. The maximum absolute atomic E-state index is 14.1. The summed E-state index contributed by atoms with van der Waals surface area (Å²) in [5.41, 5.74) is -4.05. The Labute approximate surface area is 309 Å². The summed E-state index contributed by atoms with van der Waals surface area (Å²) in [7, 11) is 1.95. The van der Waals surface area contributed by atoms with Crippen molar-refractivity contribution in [3.63, 3.8) is 0 Å². The van der Waals surface area contributed by atoms with Crippen LogP contribution < -0.4 is 0 Å². The summed E-state index contributed by atoms with van der Waals surface area (Å²) in [5, 5.41) is 67.7. The van der Waals surface area contributed by atoms with Crippen LogP contribution in [0.15, 0.2) is 11.3 Å². The van der Waals surface area contributed by atoms with E-state index < -0.39 is 102 Å². The molecule has 18 unspecified atom stereocenters. The fourth-order valence-electron chi connectivity index (χ4n) is 8.87. The van der Waals surface area contributed by atoms with Crippen molar-refractivity contribution in [3.05, 3.63) is 11.3 Å². The monoisotopic (exact) mass is 745 g/mol. The number of rotatable bonds is 7. The van der Waals surface area contributed by atoms with E-state index in [1.54, 1.807) is 20.8 Å². The fraction of sp³-hybridized carbons (Fsp3) is 0.921. The summed E-state index contributed by atoms with van der Waals surface area (Å²) in [6.07, 6.45) is -11.1. The third-order valence-corrected chi connectivity index (χ3v) is 12.2. The van der Waals surface area contributed by atoms with Crippen LogP contribution in [0.25, 0.3) is 0 Å². The number of hydrogen-bond acceptors (Lipinski definition) is 14. The van der Waals surface area contributed by atoms with Crippen molar-refractivity contribution in [2.45, 2.75) is 199 Å². The zero-order valence-corrected chi connectivity index (χ0v) is 33.3. The normalized spacial score (nSPS) is 48.8. The average Bonchev–Trinajstić information content (AvgIpc) is 3.36.